The van der Waals surface area contributed by atoms with Gasteiger partial charge < -0.3 is 10.3 Å². The Bertz CT molecular complexity index is 521. The van der Waals surface area contributed by atoms with E-state index in [0.29, 0.717) is 0 Å². The van der Waals surface area contributed by atoms with Crippen molar-refractivity contribution in [3.05, 3.63) is 24.0 Å². The van der Waals surface area contributed by atoms with Gasteiger partial charge in [-0.3, -0.25) is 0 Å². The van der Waals surface area contributed by atoms with Crippen molar-refractivity contribution < 1.29 is 0 Å². The predicted octanol–water partition coefficient (Wildman–Crippen LogP) is 2.20. The van der Waals surface area contributed by atoms with Crippen molar-refractivity contribution in [3.63, 3.8) is 0 Å². The molecule has 0 aliphatic rings. The van der Waals surface area contributed by atoms with Gasteiger partial charge in [-0.15, -0.1) is 0 Å². The molecule has 2 aromatic rings. The highest BCUT2D eigenvalue weighted by Crippen LogP contribution is 2.17. The number of aryl methyl sites for hydroxylation is 1. The highest BCUT2D eigenvalue weighted by Gasteiger charge is 2.02. The minimum atomic E-state index is -0.188. The number of aromatic amines is 1. The molecule has 76 valence electrons. The van der Waals surface area contributed by atoms with Crippen LogP contribution in [-0.4, -0.2) is 16.0 Å². The number of nitrogens with zero attached hydrogens (tertiary/aromatic N) is 2. The molecule has 0 bridgehead atoms. The van der Waals surface area contributed by atoms with E-state index in [0.717, 1.165) is 22.5 Å². The number of fused-ring (bicyclic) bond motifs is 1. The molecule has 2 rings (SSSR count). The summed E-state index contributed by atoms with van der Waals surface area (Å²) < 4.78 is 0. The summed E-state index contributed by atoms with van der Waals surface area (Å²) in [5.74, 6) is 0.899. The Morgan fingerprint density at radius 2 is 2.33 bits per heavy atom. The number of H-pyrrole nitrogens is 1. The second kappa shape index (κ2) is 3.62. The van der Waals surface area contributed by atoms with Crippen LogP contribution < -0.4 is 5.32 Å². The molecule has 0 amide bonds. The average Bonchev–Trinajstić information content (AvgIpc) is 2.57. The van der Waals surface area contributed by atoms with Crippen LogP contribution in [0.15, 0.2) is 18.2 Å². The molecular weight excluding hydrogens is 188 g/mol. The lowest BCUT2D eigenvalue weighted by atomic mass is 10.2. The summed E-state index contributed by atoms with van der Waals surface area (Å²) in [6.07, 6.45) is 0. The van der Waals surface area contributed by atoms with E-state index in [2.05, 4.69) is 21.4 Å². The largest absolute Gasteiger partial charge is 0.370 e. The summed E-state index contributed by atoms with van der Waals surface area (Å²) in [7, 11) is 0. The van der Waals surface area contributed by atoms with Gasteiger partial charge in [0.15, 0.2) is 0 Å². The Balaban J connectivity index is 2.35. The van der Waals surface area contributed by atoms with E-state index in [1.54, 1.807) is 0 Å². The zero-order chi connectivity index (χ0) is 10.8. The first kappa shape index (κ1) is 9.53. The van der Waals surface area contributed by atoms with Crippen LogP contribution in [-0.2, 0) is 0 Å². The first-order chi connectivity index (χ1) is 7.19. The van der Waals surface area contributed by atoms with Crippen molar-refractivity contribution >= 4 is 16.7 Å². The Kier molecular flexibility index (Phi) is 2.30. The van der Waals surface area contributed by atoms with E-state index >= 15 is 0 Å². The molecule has 1 aromatic heterocycles. The number of anilines is 1. The Morgan fingerprint density at radius 3 is 3.07 bits per heavy atom. The maximum atomic E-state index is 8.68. The quantitative estimate of drug-likeness (QED) is 0.781. The zero-order valence-corrected chi connectivity index (χ0v) is 8.70. The molecule has 0 aliphatic carbocycles. The van der Waals surface area contributed by atoms with Gasteiger partial charge in [-0.2, -0.15) is 5.26 Å². The average molecular weight is 200 g/mol. The smallest absolute Gasteiger partial charge is 0.111 e. The molecule has 1 unspecified atom stereocenters. The molecule has 0 fully saturated rings. The lowest BCUT2D eigenvalue weighted by Gasteiger charge is -2.06. The highest BCUT2D eigenvalue weighted by molar-refractivity contribution is 5.79. The van der Waals surface area contributed by atoms with Crippen LogP contribution in [0.3, 0.4) is 0 Å². The lowest BCUT2D eigenvalue weighted by molar-refractivity contribution is 1.01. The van der Waals surface area contributed by atoms with Gasteiger partial charge in [-0.1, -0.05) is 0 Å². The third-order valence-electron chi connectivity index (χ3n) is 2.18. The van der Waals surface area contributed by atoms with Gasteiger partial charge in [0.05, 0.1) is 17.1 Å². The number of nitriles is 1. The predicted molar refractivity (Wildman–Crippen MR) is 59.5 cm³/mol. The summed E-state index contributed by atoms with van der Waals surface area (Å²) in [4.78, 5) is 7.46. The maximum absolute atomic E-state index is 8.68. The van der Waals surface area contributed by atoms with Crippen molar-refractivity contribution in [2.24, 2.45) is 0 Å². The van der Waals surface area contributed by atoms with Crippen molar-refractivity contribution in [1.82, 2.24) is 9.97 Å². The van der Waals surface area contributed by atoms with Gasteiger partial charge in [0, 0.05) is 5.69 Å². The topological polar surface area (TPSA) is 64.5 Å². The molecular formula is C11H12N4. The van der Waals surface area contributed by atoms with E-state index in [4.69, 9.17) is 5.26 Å². The van der Waals surface area contributed by atoms with Crippen LogP contribution in [0.25, 0.3) is 11.0 Å². The van der Waals surface area contributed by atoms with Gasteiger partial charge in [0.1, 0.15) is 11.9 Å². The van der Waals surface area contributed by atoms with Gasteiger partial charge >= 0.3 is 0 Å². The molecule has 15 heavy (non-hydrogen) atoms. The molecule has 0 saturated carbocycles. The van der Waals surface area contributed by atoms with Crippen LogP contribution in [0.4, 0.5) is 5.69 Å². The molecule has 1 aromatic carbocycles. The fraction of sp³-hybridized carbons (Fsp3) is 0.273. The van der Waals surface area contributed by atoms with Crippen LogP contribution in [0, 0.1) is 18.3 Å². The monoisotopic (exact) mass is 200 g/mol. The first-order valence-corrected chi connectivity index (χ1v) is 4.81. The molecule has 0 aliphatic heterocycles. The van der Waals surface area contributed by atoms with E-state index in [-0.39, 0.29) is 6.04 Å². The highest BCUT2D eigenvalue weighted by atomic mass is 14.9. The summed E-state index contributed by atoms with van der Waals surface area (Å²) >= 11 is 0. The molecule has 4 nitrogen and oxygen atoms in total. The summed E-state index contributed by atoms with van der Waals surface area (Å²) in [5.41, 5.74) is 2.87. The molecule has 0 radical (unpaired) electrons. The fourth-order valence-corrected chi connectivity index (χ4v) is 1.51. The standard InChI is InChI=1S/C11H12N4/c1-7(6-12)13-9-3-4-10-11(5-9)15-8(2)14-10/h3-5,7,13H,1-2H3,(H,14,15). The van der Waals surface area contributed by atoms with E-state index in [1.807, 2.05) is 32.0 Å². The molecule has 1 atom stereocenters. The van der Waals surface area contributed by atoms with Gasteiger partial charge in [0.25, 0.3) is 0 Å². The van der Waals surface area contributed by atoms with Gasteiger partial charge in [0.2, 0.25) is 0 Å². The summed E-state index contributed by atoms with van der Waals surface area (Å²) in [6.45, 7) is 3.74. The summed E-state index contributed by atoms with van der Waals surface area (Å²) in [6, 6.07) is 7.77. The number of imidazole rings is 1. The first-order valence-electron chi connectivity index (χ1n) is 4.81. The van der Waals surface area contributed by atoms with Crippen LogP contribution in [0.1, 0.15) is 12.7 Å². The second-order valence-corrected chi connectivity index (χ2v) is 3.55. The van der Waals surface area contributed by atoms with Gasteiger partial charge in [-0.25, -0.2) is 4.98 Å². The molecule has 4 heteroatoms. The normalized spacial score (nSPS) is 12.3. The minimum Gasteiger partial charge on any atom is -0.370 e. The molecule has 1 heterocycles. The number of benzene rings is 1. The van der Waals surface area contributed by atoms with Crippen molar-refractivity contribution in [2.75, 3.05) is 5.32 Å². The van der Waals surface area contributed by atoms with E-state index in [9.17, 15) is 0 Å². The number of rotatable bonds is 2. The van der Waals surface area contributed by atoms with E-state index in [1.165, 1.54) is 0 Å². The van der Waals surface area contributed by atoms with E-state index < -0.39 is 0 Å². The van der Waals surface area contributed by atoms with Crippen molar-refractivity contribution in [1.29, 1.82) is 5.26 Å². The minimum absolute atomic E-state index is 0.188. The number of hydrogen-bond donors (Lipinski definition) is 2. The number of nitrogens with one attached hydrogen (secondary N) is 2. The van der Waals surface area contributed by atoms with Crippen molar-refractivity contribution in [2.45, 2.75) is 19.9 Å². The molecule has 0 spiro atoms. The van der Waals surface area contributed by atoms with Crippen LogP contribution in [0.2, 0.25) is 0 Å². The molecule has 0 saturated heterocycles. The third kappa shape index (κ3) is 1.91. The SMILES string of the molecule is Cc1nc2ccc(NC(C)C#N)cc2[nH]1. The third-order valence-corrected chi connectivity index (χ3v) is 2.18. The maximum Gasteiger partial charge on any atom is 0.111 e. The Morgan fingerprint density at radius 1 is 1.53 bits per heavy atom. The molecule has 2 N–H and O–H groups in total. The zero-order valence-electron chi connectivity index (χ0n) is 8.70. The lowest BCUT2D eigenvalue weighted by Crippen LogP contribution is -2.11. The van der Waals surface area contributed by atoms with Crippen LogP contribution >= 0.6 is 0 Å². The Labute approximate surface area is 87.9 Å². The fourth-order valence-electron chi connectivity index (χ4n) is 1.51. The van der Waals surface area contributed by atoms with Crippen molar-refractivity contribution in [3.8, 4) is 6.07 Å². The number of aromatic nitrogens is 2. The van der Waals surface area contributed by atoms with Gasteiger partial charge in [-0.05, 0) is 32.0 Å². The van der Waals surface area contributed by atoms with Crippen LogP contribution in [0.5, 0.6) is 0 Å². The summed E-state index contributed by atoms with van der Waals surface area (Å²) in [5, 5.41) is 11.8. The Hall–Kier alpha value is -2.02. The second-order valence-electron chi connectivity index (χ2n) is 3.55. The number of hydrogen-bond acceptors (Lipinski definition) is 3.